The van der Waals surface area contributed by atoms with E-state index in [4.69, 9.17) is 14.6 Å². The Morgan fingerprint density at radius 3 is 2.80 bits per heavy atom. The summed E-state index contributed by atoms with van der Waals surface area (Å²) in [5.41, 5.74) is 0.0623. The number of halogens is 1. The topological polar surface area (TPSA) is 76.0 Å². The maximum atomic E-state index is 11.0. The smallest absolute Gasteiger partial charge is 0.339 e. The van der Waals surface area contributed by atoms with Gasteiger partial charge in [0, 0.05) is 11.1 Å². The monoisotopic (exact) mass is 346 g/mol. The summed E-state index contributed by atoms with van der Waals surface area (Å²) in [6.45, 7) is 2.83. The number of aliphatic hydroxyl groups is 1. The van der Waals surface area contributed by atoms with Crippen molar-refractivity contribution in [1.82, 2.24) is 0 Å². The molecule has 0 radical (unpaired) electrons. The lowest BCUT2D eigenvalue weighted by atomic mass is 10.2. The van der Waals surface area contributed by atoms with Crippen LogP contribution in [0.15, 0.2) is 22.7 Å². The first-order valence-corrected chi connectivity index (χ1v) is 7.25. The molecule has 0 aromatic heterocycles. The van der Waals surface area contributed by atoms with Crippen molar-refractivity contribution in [1.29, 1.82) is 0 Å². The highest BCUT2D eigenvalue weighted by Gasteiger charge is 2.13. The lowest BCUT2D eigenvalue weighted by Gasteiger charge is -2.14. The summed E-state index contributed by atoms with van der Waals surface area (Å²) in [6.07, 6.45) is 1.20. The fraction of sp³-hybridized carbons (Fsp3) is 0.500. The molecule has 1 rings (SSSR count). The number of aliphatic hydroxyl groups excluding tert-OH is 1. The molecule has 1 aromatic rings. The van der Waals surface area contributed by atoms with Gasteiger partial charge in [-0.3, -0.25) is 0 Å². The highest BCUT2D eigenvalue weighted by molar-refractivity contribution is 9.10. The predicted octanol–water partition coefficient (Wildman–Crippen LogP) is 2.70. The number of carboxylic acids is 1. The van der Waals surface area contributed by atoms with E-state index in [0.717, 1.165) is 12.8 Å². The Balaban J connectivity index is 2.48. The van der Waals surface area contributed by atoms with Gasteiger partial charge in [-0.2, -0.15) is 0 Å². The number of aromatic carboxylic acids is 1. The summed E-state index contributed by atoms with van der Waals surface area (Å²) in [7, 11) is 0. The highest BCUT2D eigenvalue weighted by Crippen LogP contribution is 2.24. The van der Waals surface area contributed by atoms with Gasteiger partial charge in [-0.1, -0.05) is 29.3 Å². The number of hydrogen-bond acceptors (Lipinski definition) is 4. The average Bonchev–Trinajstić information content (AvgIpc) is 2.41. The van der Waals surface area contributed by atoms with Gasteiger partial charge in [0.1, 0.15) is 24.0 Å². The van der Waals surface area contributed by atoms with Gasteiger partial charge in [0.15, 0.2) is 0 Å². The summed E-state index contributed by atoms with van der Waals surface area (Å²) in [5.74, 6) is -0.847. The van der Waals surface area contributed by atoms with E-state index in [1.54, 1.807) is 12.1 Å². The number of unbranched alkanes of at least 4 members (excludes halogenated alkanes) is 1. The fourth-order valence-corrected chi connectivity index (χ4v) is 1.83. The lowest BCUT2D eigenvalue weighted by molar-refractivity contribution is 0.0110. The van der Waals surface area contributed by atoms with Crippen LogP contribution in [-0.4, -0.2) is 42.1 Å². The van der Waals surface area contributed by atoms with Crippen LogP contribution in [0.5, 0.6) is 5.75 Å². The number of carbonyl (C=O) groups is 1. The Morgan fingerprint density at radius 2 is 2.15 bits per heavy atom. The minimum absolute atomic E-state index is 0.0111. The number of rotatable bonds is 9. The van der Waals surface area contributed by atoms with Crippen LogP contribution in [0.25, 0.3) is 0 Å². The van der Waals surface area contributed by atoms with Gasteiger partial charge in [0.05, 0.1) is 6.61 Å². The maximum absolute atomic E-state index is 11.0. The quantitative estimate of drug-likeness (QED) is 0.672. The molecule has 0 heterocycles. The molecule has 6 heteroatoms. The summed E-state index contributed by atoms with van der Waals surface area (Å²) in [5, 5.41) is 18.7. The van der Waals surface area contributed by atoms with Crippen LogP contribution in [0, 0.1) is 0 Å². The second-order valence-electron chi connectivity index (χ2n) is 4.34. The van der Waals surface area contributed by atoms with Crippen LogP contribution in [-0.2, 0) is 4.74 Å². The third-order valence-electron chi connectivity index (χ3n) is 2.56. The summed E-state index contributed by atoms with van der Waals surface area (Å²) in [4.78, 5) is 11.0. The zero-order chi connectivity index (χ0) is 15.0. The molecule has 1 aromatic carbocycles. The molecule has 112 valence electrons. The number of ether oxygens (including phenoxy) is 2. The molecule has 20 heavy (non-hydrogen) atoms. The number of carboxylic acid groups (broad SMARTS) is 1. The van der Waals surface area contributed by atoms with Gasteiger partial charge in [-0.05, 0) is 24.6 Å². The standard InChI is InChI=1S/C14H19BrO5/c1-2-3-6-19-8-11(16)9-20-13-7-10(15)4-5-12(13)14(17)18/h4-5,7,11,16H,2-3,6,8-9H2,1H3,(H,17,18). The second-order valence-corrected chi connectivity index (χ2v) is 5.25. The molecule has 5 nitrogen and oxygen atoms in total. The van der Waals surface area contributed by atoms with Crippen LogP contribution in [0.3, 0.4) is 0 Å². The number of benzene rings is 1. The lowest BCUT2D eigenvalue weighted by Crippen LogP contribution is -2.24. The second kappa shape index (κ2) is 8.94. The third-order valence-corrected chi connectivity index (χ3v) is 3.05. The summed E-state index contributed by atoms with van der Waals surface area (Å²) >= 11 is 3.25. The first-order chi connectivity index (χ1) is 9.54. The molecule has 2 N–H and O–H groups in total. The molecule has 0 aliphatic heterocycles. The third kappa shape index (κ3) is 5.90. The Bertz CT molecular complexity index is 436. The molecule has 0 bridgehead atoms. The van der Waals surface area contributed by atoms with Crippen LogP contribution < -0.4 is 4.74 Å². The van der Waals surface area contributed by atoms with Gasteiger partial charge in [-0.15, -0.1) is 0 Å². The summed E-state index contributed by atoms with van der Waals surface area (Å²) < 4.78 is 11.3. The molecule has 0 aliphatic rings. The largest absolute Gasteiger partial charge is 0.490 e. The molecule has 0 saturated heterocycles. The zero-order valence-corrected chi connectivity index (χ0v) is 12.9. The van der Waals surface area contributed by atoms with Crippen molar-refractivity contribution in [2.75, 3.05) is 19.8 Å². The Labute approximate surface area is 126 Å². The Kier molecular flexibility index (Phi) is 7.58. The molecule has 1 atom stereocenters. The molecule has 0 saturated carbocycles. The van der Waals surface area contributed by atoms with Crippen LogP contribution in [0.2, 0.25) is 0 Å². The predicted molar refractivity (Wildman–Crippen MR) is 78.3 cm³/mol. The Morgan fingerprint density at radius 1 is 1.40 bits per heavy atom. The van der Waals surface area contributed by atoms with Crippen molar-refractivity contribution < 1.29 is 24.5 Å². The zero-order valence-electron chi connectivity index (χ0n) is 11.3. The van der Waals surface area contributed by atoms with Crippen LogP contribution >= 0.6 is 15.9 Å². The van der Waals surface area contributed by atoms with Gasteiger partial charge in [-0.25, -0.2) is 4.79 Å². The van der Waals surface area contributed by atoms with Crippen molar-refractivity contribution in [3.63, 3.8) is 0 Å². The van der Waals surface area contributed by atoms with E-state index in [1.807, 2.05) is 0 Å². The van der Waals surface area contributed by atoms with E-state index in [1.165, 1.54) is 6.07 Å². The van der Waals surface area contributed by atoms with Crippen molar-refractivity contribution in [3.05, 3.63) is 28.2 Å². The van der Waals surface area contributed by atoms with Crippen molar-refractivity contribution in [2.24, 2.45) is 0 Å². The molecule has 0 aliphatic carbocycles. The Hall–Kier alpha value is -1.11. The van der Waals surface area contributed by atoms with Gasteiger partial charge < -0.3 is 19.7 Å². The maximum Gasteiger partial charge on any atom is 0.339 e. The van der Waals surface area contributed by atoms with Crippen molar-refractivity contribution >= 4 is 21.9 Å². The average molecular weight is 347 g/mol. The van der Waals surface area contributed by atoms with E-state index in [2.05, 4.69) is 22.9 Å². The van der Waals surface area contributed by atoms with Crippen molar-refractivity contribution in [2.45, 2.75) is 25.9 Å². The number of hydrogen-bond donors (Lipinski definition) is 2. The molecule has 1 unspecified atom stereocenters. The van der Waals surface area contributed by atoms with Gasteiger partial charge in [0.2, 0.25) is 0 Å². The molecule has 0 spiro atoms. The molecule has 0 fully saturated rings. The van der Waals surface area contributed by atoms with E-state index < -0.39 is 12.1 Å². The van der Waals surface area contributed by atoms with Crippen LogP contribution in [0.1, 0.15) is 30.1 Å². The van der Waals surface area contributed by atoms with Gasteiger partial charge in [0.25, 0.3) is 0 Å². The first-order valence-electron chi connectivity index (χ1n) is 6.46. The highest BCUT2D eigenvalue weighted by atomic mass is 79.9. The van der Waals surface area contributed by atoms with E-state index >= 15 is 0 Å². The first kappa shape index (κ1) is 16.9. The SMILES string of the molecule is CCCCOCC(O)COc1cc(Br)ccc1C(=O)O. The van der Waals surface area contributed by atoms with E-state index in [-0.39, 0.29) is 24.5 Å². The van der Waals surface area contributed by atoms with E-state index in [0.29, 0.717) is 11.1 Å². The normalized spacial score (nSPS) is 12.2. The van der Waals surface area contributed by atoms with E-state index in [9.17, 15) is 9.90 Å². The minimum atomic E-state index is -1.07. The molecular weight excluding hydrogens is 328 g/mol. The fourth-order valence-electron chi connectivity index (χ4n) is 1.49. The van der Waals surface area contributed by atoms with Crippen LogP contribution in [0.4, 0.5) is 0 Å². The van der Waals surface area contributed by atoms with Crippen molar-refractivity contribution in [3.8, 4) is 5.75 Å². The van der Waals surface area contributed by atoms with Gasteiger partial charge >= 0.3 is 5.97 Å². The summed E-state index contributed by atoms with van der Waals surface area (Å²) in [6, 6.07) is 4.64. The minimum Gasteiger partial charge on any atom is -0.490 e. The molecule has 0 amide bonds. The molecular formula is C14H19BrO5.